The number of aromatic nitrogens is 3. The second-order valence-electron chi connectivity index (χ2n) is 5.68. The maximum absolute atomic E-state index is 13.3. The third-order valence-electron chi connectivity index (χ3n) is 4.25. The average Bonchev–Trinajstić information content (AvgIpc) is 2.95. The monoisotopic (exact) mass is 362 g/mol. The number of rotatable bonds is 3. The van der Waals surface area contributed by atoms with Crippen LogP contribution in [0.25, 0.3) is 11.2 Å². The van der Waals surface area contributed by atoms with Crippen LogP contribution in [0.5, 0.6) is 0 Å². The van der Waals surface area contributed by atoms with E-state index in [1.54, 1.807) is 6.92 Å². The van der Waals surface area contributed by atoms with Crippen LogP contribution in [0.15, 0.2) is 18.3 Å². The molecule has 0 radical (unpaired) electrons. The fourth-order valence-electron chi connectivity index (χ4n) is 3.04. The summed E-state index contributed by atoms with van der Waals surface area (Å²) < 4.78 is 66.3. The molecule has 0 bridgehead atoms. The summed E-state index contributed by atoms with van der Waals surface area (Å²) in [5, 5.41) is 0. The summed E-state index contributed by atoms with van der Waals surface area (Å²) in [6.07, 6.45) is -2.57. The highest BCUT2D eigenvalue weighted by atomic mass is 32.2. The number of hydrogen-bond donors (Lipinski definition) is 0. The van der Waals surface area contributed by atoms with Gasteiger partial charge in [0.05, 0.1) is 5.75 Å². The molecule has 0 spiro atoms. The van der Waals surface area contributed by atoms with Gasteiger partial charge < -0.3 is 4.57 Å². The summed E-state index contributed by atoms with van der Waals surface area (Å²) in [6.45, 7) is 1.95. The van der Waals surface area contributed by atoms with E-state index in [-0.39, 0.29) is 30.0 Å². The van der Waals surface area contributed by atoms with Crippen LogP contribution in [0.2, 0.25) is 0 Å². The summed E-state index contributed by atoms with van der Waals surface area (Å²) in [5.41, 5.74) is 0.370. The lowest BCUT2D eigenvalue weighted by Gasteiger charge is -2.32. The molecule has 3 rings (SSSR count). The van der Waals surface area contributed by atoms with Gasteiger partial charge >= 0.3 is 6.18 Å². The zero-order chi connectivity index (χ0) is 17.5. The van der Waals surface area contributed by atoms with Gasteiger partial charge in [-0.25, -0.2) is 22.7 Å². The molecule has 1 fully saturated rings. The molecule has 1 aliphatic heterocycles. The van der Waals surface area contributed by atoms with E-state index >= 15 is 0 Å². The second kappa shape index (κ2) is 5.99. The van der Waals surface area contributed by atoms with Crippen molar-refractivity contribution < 1.29 is 21.6 Å². The van der Waals surface area contributed by atoms with Crippen molar-refractivity contribution in [3.63, 3.8) is 0 Å². The Bertz CT molecular complexity index is 839. The number of sulfonamides is 1. The van der Waals surface area contributed by atoms with Crippen molar-refractivity contribution in [1.29, 1.82) is 0 Å². The molecule has 0 unspecified atom stereocenters. The molecule has 1 saturated heterocycles. The topological polar surface area (TPSA) is 68.1 Å². The fourth-order valence-corrected chi connectivity index (χ4v) is 4.17. The first-order valence-electron chi connectivity index (χ1n) is 7.62. The zero-order valence-electron chi connectivity index (χ0n) is 13.0. The number of nitrogens with zero attached hydrogens (tertiary/aromatic N) is 4. The van der Waals surface area contributed by atoms with Crippen LogP contribution >= 0.6 is 0 Å². The lowest BCUT2D eigenvalue weighted by atomic mass is 10.1. The summed E-state index contributed by atoms with van der Waals surface area (Å²) in [7, 11) is -3.32. The maximum atomic E-state index is 13.3. The van der Waals surface area contributed by atoms with Crippen molar-refractivity contribution in [3.05, 3.63) is 24.2 Å². The van der Waals surface area contributed by atoms with Crippen LogP contribution in [0.1, 0.15) is 31.6 Å². The lowest BCUT2D eigenvalue weighted by molar-refractivity contribution is -0.147. The Morgan fingerprint density at radius 2 is 1.96 bits per heavy atom. The molecule has 10 heteroatoms. The summed E-state index contributed by atoms with van der Waals surface area (Å²) in [4.78, 5) is 7.73. The molecule has 3 heterocycles. The van der Waals surface area contributed by atoms with Crippen molar-refractivity contribution in [2.45, 2.75) is 32.0 Å². The van der Waals surface area contributed by atoms with Gasteiger partial charge in [0.15, 0.2) is 5.65 Å². The molecule has 1 aliphatic rings. The van der Waals surface area contributed by atoms with Gasteiger partial charge in [-0.3, -0.25) is 0 Å². The van der Waals surface area contributed by atoms with Crippen molar-refractivity contribution in [1.82, 2.24) is 18.8 Å². The molecule has 2 aromatic heterocycles. The summed E-state index contributed by atoms with van der Waals surface area (Å²) in [5.74, 6) is -0.992. The number of alkyl halides is 3. The van der Waals surface area contributed by atoms with E-state index in [0.717, 1.165) is 4.57 Å². The van der Waals surface area contributed by atoms with E-state index in [1.807, 2.05) is 0 Å². The highest BCUT2D eigenvalue weighted by Crippen LogP contribution is 2.36. The Morgan fingerprint density at radius 1 is 1.29 bits per heavy atom. The molecular weight excluding hydrogens is 345 g/mol. The normalized spacial score (nSPS) is 18.3. The molecule has 132 valence electrons. The minimum atomic E-state index is -4.59. The maximum Gasteiger partial charge on any atom is 0.449 e. The van der Waals surface area contributed by atoms with Crippen molar-refractivity contribution in [3.8, 4) is 0 Å². The van der Waals surface area contributed by atoms with Gasteiger partial charge in [-0.2, -0.15) is 13.2 Å². The van der Waals surface area contributed by atoms with Gasteiger partial charge in [0.2, 0.25) is 15.8 Å². The molecule has 24 heavy (non-hydrogen) atoms. The van der Waals surface area contributed by atoms with Gasteiger partial charge in [0.1, 0.15) is 5.52 Å². The smallest absolute Gasteiger partial charge is 0.302 e. The third-order valence-corrected chi connectivity index (χ3v) is 6.13. The highest BCUT2D eigenvalue weighted by Gasteiger charge is 2.40. The van der Waals surface area contributed by atoms with Crippen LogP contribution in [-0.2, 0) is 16.2 Å². The average molecular weight is 362 g/mol. The molecular formula is C14H17F3N4O2S. The minimum absolute atomic E-state index is 0.0129. The Kier molecular flexibility index (Phi) is 4.28. The second-order valence-corrected chi connectivity index (χ2v) is 7.94. The number of halogens is 3. The molecule has 6 nitrogen and oxygen atoms in total. The van der Waals surface area contributed by atoms with Crippen molar-refractivity contribution in [2.24, 2.45) is 0 Å². The van der Waals surface area contributed by atoms with E-state index in [4.69, 9.17) is 0 Å². The van der Waals surface area contributed by atoms with Crippen LogP contribution < -0.4 is 0 Å². The van der Waals surface area contributed by atoms with E-state index in [9.17, 15) is 21.6 Å². The molecule has 0 aromatic carbocycles. The van der Waals surface area contributed by atoms with Gasteiger partial charge in [-0.15, -0.1) is 0 Å². The van der Waals surface area contributed by atoms with E-state index in [2.05, 4.69) is 9.97 Å². The Labute approximate surface area is 137 Å². The molecule has 0 saturated carbocycles. The van der Waals surface area contributed by atoms with Gasteiger partial charge in [-0.05, 0) is 31.9 Å². The predicted octanol–water partition coefficient (Wildman–Crippen LogP) is 2.44. The van der Waals surface area contributed by atoms with E-state index < -0.39 is 28.1 Å². The zero-order valence-corrected chi connectivity index (χ0v) is 13.8. The number of piperidine rings is 1. The largest absolute Gasteiger partial charge is 0.449 e. The number of imidazole rings is 1. The van der Waals surface area contributed by atoms with Crippen LogP contribution in [0, 0.1) is 0 Å². The Hall–Kier alpha value is -1.68. The first-order chi connectivity index (χ1) is 11.2. The first kappa shape index (κ1) is 17.2. The lowest BCUT2D eigenvalue weighted by Crippen LogP contribution is -2.40. The number of hydrogen-bond acceptors (Lipinski definition) is 4. The predicted molar refractivity (Wildman–Crippen MR) is 81.8 cm³/mol. The Balaban J connectivity index is 1.96. The van der Waals surface area contributed by atoms with Gasteiger partial charge in [0, 0.05) is 25.3 Å². The van der Waals surface area contributed by atoms with Crippen molar-refractivity contribution in [2.75, 3.05) is 18.8 Å². The first-order valence-corrected chi connectivity index (χ1v) is 9.23. The summed E-state index contributed by atoms with van der Waals surface area (Å²) in [6, 6.07) is 2.55. The molecule has 0 amide bonds. The molecule has 0 aliphatic carbocycles. The molecule has 2 aromatic rings. The van der Waals surface area contributed by atoms with E-state index in [1.165, 1.54) is 22.6 Å². The number of pyridine rings is 1. The standard InChI is InChI=1S/C14H17F3N4O2S/c1-2-24(22,23)20-8-5-10(6-9-20)21-12-11(4-3-7-18-12)19-13(21)14(15,16)17/h3-4,7,10H,2,5-6,8-9H2,1H3. The van der Waals surface area contributed by atoms with Crippen LogP contribution in [-0.4, -0.2) is 46.1 Å². The quantitative estimate of drug-likeness (QED) is 0.841. The molecule has 0 atom stereocenters. The van der Waals surface area contributed by atoms with Gasteiger partial charge in [-0.1, -0.05) is 0 Å². The van der Waals surface area contributed by atoms with E-state index in [0.29, 0.717) is 12.8 Å². The minimum Gasteiger partial charge on any atom is -0.302 e. The third kappa shape index (κ3) is 3.00. The van der Waals surface area contributed by atoms with Crippen LogP contribution in [0.3, 0.4) is 0 Å². The SMILES string of the molecule is CCS(=O)(=O)N1CCC(n2c(C(F)(F)F)nc3cccnc32)CC1. The van der Waals surface area contributed by atoms with Gasteiger partial charge in [0.25, 0.3) is 0 Å². The van der Waals surface area contributed by atoms with Crippen LogP contribution in [0.4, 0.5) is 13.2 Å². The summed E-state index contributed by atoms with van der Waals surface area (Å²) >= 11 is 0. The Morgan fingerprint density at radius 3 is 2.54 bits per heavy atom. The number of fused-ring (bicyclic) bond motifs is 1. The van der Waals surface area contributed by atoms with Crippen molar-refractivity contribution >= 4 is 21.2 Å². The fraction of sp³-hybridized carbons (Fsp3) is 0.571. The highest BCUT2D eigenvalue weighted by molar-refractivity contribution is 7.89. The molecule has 0 N–H and O–H groups in total.